The van der Waals surface area contributed by atoms with Crippen molar-refractivity contribution in [1.29, 1.82) is 0 Å². The van der Waals surface area contributed by atoms with Crippen LogP contribution in [0.1, 0.15) is 0 Å². The van der Waals surface area contributed by atoms with Crippen molar-refractivity contribution < 1.29 is 9.26 Å². The Morgan fingerprint density at radius 3 is 2.86 bits per heavy atom. The van der Waals surface area contributed by atoms with Crippen molar-refractivity contribution in [2.24, 2.45) is 0 Å². The average molecular weight is 347 g/mol. The molecule has 0 saturated heterocycles. The molecular formula is C14H11BrN4O2. The number of halogens is 1. The smallest absolute Gasteiger partial charge is 0.258 e. The van der Waals surface area contributed by atoms with E-state index in [0.717, 1.165) is 10.0 Å². The van der Waals surface area contributed by atoms with Gasteiger partial charge in [0.05, 0.1) is 12.8 Å². The molecule has 0 aliphatic heterocycles. The highest BCUT2D eigenvalue weighted by atomic mass is 79.9. The van der Waals surface area contributed by atoms with Gasteiger partial charge in [-0.25, -0.2) is 0 Å². The Morgan fingerprint density at radius 1 is 1.29 bits per heavy atom. The summed E-state index contributed by atoms with van der Waals surface area (Å²) < 4.78 is 11.2. The number of nitrogens with two attached hydrogens (primary N) is 1. The largest absolute Gasteiger partial charge is 0.495 e. The molecule has 0 aliphatic carbocycles. The van der Waals surface area contributed by atoms with Gasteiger partial charge in [0.15, 0.2) is 0 Å². The van der Waals surface area contributed by atoms with Crippen molar-refractivity contribution in [3.05, 3.63) is 41.0 Å². The van der Waals surface area contributed by atoms with E-state index in [2.05, 4.69) is 31.1 Å². The number of hydrogen-bond donors (Lipinski definition) is 1. The first kappa shape index (κ1) is 13.6. The number of anilines is 1. The third kappa shape index (κ3) is 2.59. The molecule has 3 aromatic rings. The third-order valence-corrected chi connectivity index (χ3v) is 3.51. The van der Waals surface area contributed by atoms with E-state index in [1.807, 2.05) is 12.1 Å². The van der Waals surface area contributed by atoms with Gasteiger partial charge in [-0.2, -0.15) is 4.98 Å². The zero-order valence-electron chi connectivity index (χ0n) is 11.1. The highest BCUT2D eigenvalue weighted by molar-refractivity contribution is 9.10. The van der Waals surface area contributed by atoms with Gasteiger partial charge in [0.25, 0.3) is 5.89 Å². The Labute approximate surface area is 129 Å². The van der Waals surface area contributed by atoms with E-state index in [-0.39, 0.29) is 0 Å². The van der Waals surface area contributed by atoms with Crippen LogP contribution in [0.5, 0.6) is 5.75 Å². The lowest BCUT2D eigenvalue weighted by Gasteiger charge is -2.04. The molecular weight excluding hydrogens is 336 g/mol. The van der Waals surface area contributed by atoms with Gasteiger partial charge in [0.1, 0.15) is 11.4 Å². The first-order chi connectivity index (χ1) is 10.2. The molecule has 0 unspecified atom stereocenters. The molecule has 0 atom stereocenters. The van der Waals surface area contributed by atoms with E-state index in [1.54, 1.807) is 31.5 Å². The number of pyridine rings is 1. The van der Waals surface area contributed by atoms with Crippen LogP contribution in [-0.2, 0) is 0 Å². The summed E-state index contributed by atoms with van der Waals surface area (Å²) in [4.78, 5) is 8.57. The zero-order chi connectivity index (χ0) is 14.8. The summed E-state index contributed by atoms with van der Waals surface area (Å²) in [5.41, 5.74) is 7.73. The summed E-state index contributed by atoms with van der Waals surface area (Å²) in [7, 11) is 1.56. The highest BCUT2D eigenvalue weighted by Gasteiger charge is 2.14. The van der Waals surface area contributed by atoms with Crippen molar-refractivity contribution in [3.8, 4) is 28.7 Å². The highest BCUT2D eigenvalue weighted by Crippen LogP contribution is 2.29. The van der Waals surface area contributed by atoms with Gasteiger partial charge >= 0.3 is 0 Å². The Hall–Kier alpha value is -2.41. The van der Waals surface area contributed by atoms with E-state index < -0.39 is 0 Å². The quantitative estimate of drug-likeness (QED) is 0.733. The van der Waals surface area contributed by atoms with Crippen LogP contribution in [0.25, 0.3) is 23.0 Å². The van der Waals surface area contributed by atoms with Crippen LogP contribution >= 0.6 is 15.9 Å². The number of benzene rings is 1. The van der Waals surface area contributed by atoms with Crippen LogP contribution in [0, 0.1) is 0 Å². The van der Waals surface area contributed by atoms with Crippen LogP contribution in [0.3, 0.4) is 0 Å². The molecule has 106 valence electrons. The minimum Gasteiger partial charge on any atom is -0.495 e. The fraction of sp³-hybridized carbons (Fsp3) is 0.0714. The second-order valence-electron chi connectivity index (χ2n) is 4.21. The van der Waals surface area contributed by atoms with Gasteiger partial charge in [-0.3, -0.25) is 4.98 Å². The normalized spacial score (nSPS) is 10.6. The number of aromatic nitrogens is 3. The Bertz CT molecular complexity index is 788. The summed E-state index contributed by atoms with van der Waals surface area (Å²) in [6.07, 6.45) is 1.67. The second-order valence-corrected chi connectivity index (χ2v) is 5.07. The van der Waals surface area contributed by atoms with Crippen molar-refractivity contribution in [3.63, 3.8) is 0 Å². The maximum atomic E-state index is 5.88. The molecule has 2 aromatic heterocycles. The van der Waals surface area contributed by atoms with Crippen molar-refractivity contribution in [1.82, 2.24) is 15.1 Å². The fourth-order valence-electron chi connectivity index (χ4n) is 1.85. The second kappa shape index (κ2) is 5.53. The molecule has 0 spiro atoms. The van der Waals surface area contributed by atoms with Crippen LogP contribution in [-0.4, -0.2) is 22.2 Å². The summed E-state index contributed by atoms with van der Waals surface area (Å²) in [5.74, 6) is 1.38. The number of nitrogen functional groups attached to an aromatic ring is 1. The minimum atomic E-state index is 0.372. The van der Waals surface area contributed by atoms with Gasteiger partial charge < -0.3 is 15.0 Å². The lowest BCUT2D eigenvalue weighted by atomic mass is 10.2. The number of ether oxygens (including phenoxy) is 1. The van der Waals surface area contributed by atoms with Crippen molar-refractivity contribution in [2.75, 3.05) is 12.8 Å². The molecule has 2 N–H and O–H groups in total. The number of methoxy groups -OCH3 is 1. The van der Waals surface area contributed by atoms with E-state index >= 15 is 0 Å². The molecule has 0 radical (unpaired) electrons. The fourth-order valence-corrected chi connectivity index (χ4v) is 2.29. The number of nitrogens with zero attached hydrogens (tertiary/aromatic N) is 3. The summed E-state index contributed by atoms with van der Waals surface area (Å²) in [6, 6.07) is 8.97. The molecule has 0 amide bonds. The predicted molar refractivity (Wildman–Crippen MR) is 81.6 cm³/mol. The molecule has 2 heterocycles. The average Bonchev–Trinajstić information content (AvgIpc) is 2.97. The first-order valence-electron chi connectivity index (χ1n) is 6.07. The third-order valence-electron chi connectivity index (χ3n) is 2.87. The minimum absolute atomic E-state index is 0.372. The van der Waals surface area contributed by atoms with Crippen molar-refractivity contribution in [2.45, 2.75) is 0 Å². The molecule has 7 heteroatoms. The summed E-state index contributed by atoms with van der Waals surface area (Å²) in [5, 5.41) is 3.95. The lowest BCUT2D eigenvalue weighted by molar-refractivity contribution is 0.416. The van der Waals surface area contributed by atoms with Crippen LogP contribution in [0.2, 0.25) is 0 Å². The Balaban J connectivity index is 1.99. The maximum absolute atomic E-state index is 5.88. The monoisotopic (exact) mass is 346 g/mol. The molecule has 0 fully saturated rings. The summed E-state index contributed by atoms with van der Waals surface area (Å²) >= 11 is 3.41. The Morgan fingerprint density at radius 2 is 2.14 bits per heavy atom. The van der Waals surface area contributed by atoms with Gasteiger partial charge in [-0.05, 0) is 46.3 Å². The van der Waals surface area contributed by atoms with Gasteiger partial charge in [-0.1, -0.05) is 5.16 Å². The van der Waals surface area contributed by atoms with Gasteiger partial charge in [0.2, 0.25) is 5.82 Å². The van der Waals surface area contributed by atoms with E-state index in [1.165, 1.54) is 0 Å². The van der Waals surface area contributed by atoms with E-state index in [0.29, 0.717) is 28.8 Å². The first-order valence-corrected chi connectivity index (χ1v) is 6.87. The van der Waals surface area contributed by atoms with Crippen LogP contribution in [0.15, 0.2) is 45.5 Å². The van der Waals surface area contributed by atoms with Gasteiger partial charge in [-0.15, -0.1) is 0 Å². The van der Waals surface area contributed by atoms with Crippen LogP contribution < -0.4 is 10.5 Å². The SMILES string of the molecule is COc1ccc(-c2nc(-c3ncccc3Br)no2)cc1N. The standard InChI is InChI=1S/C14H11BrN4O2/c1-20-11-5-4-8(7-10(11)16)14-18-13(19-21-14)12-9(15)3-2-6-17-12/h2-7H,16H2,1H3. The van der Waals surface area contributed by atoms with E-state index in [9.17, 15) is 0 Å². The Kier molecular flexibility index (Phi) is 3.57. The molecule has 1 aromatic carbocycles. The van der Waals surface area contributed by atoms with E-state index in [4.69, 9.17) is 15.0 Å². The maximum Gasteiger partial charge on any atom is 0.258 e. The number of rotatable bonds is 3. The zero-order valence-corrected chi connectivity index (χ0v) is 12.7. The summed E-state index contributed by atoms with van der Waals surface area (Å²) in [6.45, 7) is 0. The molecule has 0 bridgehead atoms. The molecule has 21 heavy (non-hydrogen) atoms. The van der Waals surface area contributed by atoms with Crippen LogP contribution in [0.4, 0.5) is 5.69 Å². The molecule has 6 nitrogen and oxygen atoms in total. The molecule has 3 rings (SSSR count). The molecule has 0 aliphatic rings. The van der Waals surface area contributed by atoms with Gasteiger partial charge in [0, 0.05) is 16.2 Å². The predicted octanol–water partition coefficient (Wildman–Crippen LogP) is 3.15. The van der Waals surface area contributed by atoms with Crippen molar-refractivity contribution >= 4 is 21.6 Å². The number of hydrogen-bond acceptors (Lipinski definition) is 6. The lowest BCUT2D eigenvalue weighted by Crippen LogP contribution is -1.92. The topological polar surface area (TPSA) is 87.1 Å². The molecule has 0 saturated carbocycles.